The molecule has 0 fully saturated rings. The van der Waals surface area contributed by atoms with Crippen LogP contribution in [0, 0.1) is 0 Å². The largest absolute Gasteiger partial charge is 0.482 e. The Bertz CT molecular complexity index is 1250. The lowest BCUT2D eigenvalue weighted by Crippen LogP contribution is -2.46. The number of amides is 2. The fourth-order valence-electron chi connectivity index (χ4n) is 3.84. The first kappa shape index (κ1) is 24.5. The third-order valence-corrected chi connectivity index (χ3v) is 7.43. The third kappa shape index (κ3) is 5.04. The van der Waals surface area contributed by atoms with E-state index in [0.29, 0.717) is 21.5 Å². The van der Waals surface area contributed by atoms with Gasteiger partial charge in [-0.15, -0.1) is 11.8 Å². The van der Waals surface area contributed by atoms with Gasteiger partial charge in [0.2, 0.25) is 5.91 Å². The van der Waals surface area contributed by atoms with Gasteiger partial charge < -0.3 is 9.64 Å². The van der Waals surface area contributed by atoms with Crippen molar-refractivity contribution >= 4 is 52.5 Å². The SMILES string of the molecule is CSc1cccc(-c2cccc(C(C)N(C)C(=O)CN3C(=O)COc4cc(Cl)c(Cl)cc43)c2)c1. The monoisotopic (exact) mass is 514 g/mol. The zero-order valence-electron chi connectivity index (χ0n) is 19.0. The number of carbonyl (C=O) groups is 2. The smallest absolute Gasteiger partial charge is 0.265 e. The molecule has 0 saturated heterocycles. The zero-order valence-corrected chi connectivity index (χ0v) is 21.4. The van der Waals surface area contributed by atoms with E-state index in [1.54, 1.807) is 35.8 Å². The van der Waals surface area contributed by atoms with Gasteiger partial charge in [0.05, 0.1) is 21.8 Å². The zero-order chi connectivity index (χ0) is 24.4. The van der Waals surface area contributed by atoms with E-state index in [2.05, 4.69) is 36.6 Å². The van der Waals surface area contributed by atoms with Gasteiger partial charge in [0.1, 0.15) is 12.3 Å². The Kier molecular flexibility index (Phi) is 7.41. The first-order valence-corrected chi connectivity index (χ1v) is 12.7. The Balaban J connectivity index is 1.54. The molecule has 1 aliphatic heterocycles. The average molecular weight is 515 g/mol. The molecule has 176 valence electrons. The van der Waals surface area contributed by atoms with E-state index < -0.39 is 0 Å². The molecule has 0 spiro atoms. The van der Waals surface area contributed by atoms with Gasteiger partial charge in [-0.05, 0) is 54.1 Å². The van der Waals surface area contributed by atoms with Crippen molar-refractivity contribution in [2.45, 2.75) is 17.9 Å². The maximum Gasteiger partial charge on any atom is 0.265 e. The molecule has 5 nitrogen and oxygen atoms in total. The number of carbonyl (C=O) groups excluding carboxylic acids is 2. The maximum atomic E-state index is 13.2. The predicted molar refractivity (Wildman–Crippen MR) is 139 cm³/mol. The van der Waals surface area contributed by atoms with E-state index in [9.17, 15) is 9.59 Å². The molecule has 1 atom stereocenters. The van der Waals surface area contributed by atoms with Gasteiger partial charge >= 0.3 is 0 Å². The van der Waals surface area contributed by atoms with E-state index in [4.69, 9.17) is 27.9 Å². The minimum Gasteiger partial charge on any atom is -0.482 e. The first-order valence-electron chi connectivity index (χ1n) is 10.7. The van der Waals surface area contributed by atoms with E-state index in [1.165, 1.54) is 9.80 Å². The number of anilines is 1. The van der Waals surface area contributed by atoms with Crippen molar-refractivity contribution in [1.82, 2.24) is 4.90 Å². The summed E-state index contributed by atoms with van der Waals surface area (Å²) < 4.78 is 5.47. The third-order valence-electron chi connectivity index (χ3n) is 5.98. The quantitative estimate of drug-likeness (QED) is 0.360. The number of halogens is 2. The number of hydrogen-bond donors (Lipinski definition) is 0. The summed E-state index contributed by atoms with van der Waals surface area (Å²) in [5, 5.41) is 0.620. The van der Waals surface area contributed by atoms with E-state index in [-0.39, 0.29) is 31.0 Å². The van der Waals surface area contributed by atoms with E-state index in [0.717, 1.165) is 16.7 Å². The number of ether oxygens (including phenoxy) is 1. The van der Waals surface area contributed by atoms with Crippen LogP contribution in [0.5, 0.6) is 5.75 Å². The molecule has 1 aliphatic rings. The minimum absolute atomic E-state index is 0.122. The summed E-state index contributed by atoms with van der Waals surface area (Å²) in [6.07, 6.45) is 2.05. The number of rotatable bonds is 6. The summed E-state index contributed by atoms with van der Waals surface area (Å²) in [5.41, 5.74) is 3.66. The molecule has 2 amide bonds. The molecule has 0 radical (unpaired) electrons. The second kappa shape index (κ2) is 10.3. The second-order valence-corrected chi connectivity index (χ2v) is 9.73. The van der Waals surface area contributed by atoms with Gasteiger partial charge in [-0.2, -0.15) is 0 Å². The standard InChI is InChI=1S/C26H24Cl2N2O3S/c1-16(17-6-4-7-18(10-17)19-8-5-9-20(11-19)34-3)29(2)25(31)14-30-23-12-21(27)22(28)13-24(23)33-15-26(30)32/h4-13,16H,14-15H2,1-3H3. The van der Waals surface area contributed by atoms with E-state index in [1.807, 2.05) is 25.1 Å². The normalized spacial score (nSPS) is 13.8. The van der Waals surface area contributed by atoms with Crippen molar-refractivity contribution in [2.24, 2.45) is 0 Å². The molecular weight excluding hydrogens is 491 g/mol. The molecule has 0 N–H and O–H groups in total. The molecule has 4 rings (SSSR count). The van der Waals surface area contributed by atoms with Crippen LogP contribution in [-0.4, -0.2) is 43.2 Å². The average Bonchev–Trinajstić information content (AvgIpc) is 2.86. The van der Waals surface area contributed by atoms with Crippen molar-refractivity contribution < 1.29 is 14.3 Å². The van der Waals surface area contributed by atoms with Crippen molar-refractivity contribution in [2.75, 3.05) is 31.4 Å². The number of likely N-dealkylation sites (N-methyl/N-ethyl adjacent to an activating group) is 1. The molecule has 1 unspecified atom stereocenters. The lowest BCUT2D eigenvalue weighted by Gasteiger charge is -2.32. The van der Waals surface area contributed by atoms with Crippen LogP contribution >= 0.6 is 35.0 Å². The van der Waals surface area contributed by atoms with Crippen molar-refractivity contribution in [1.29, 1.82) is 0 Å². The van der Waals surface area contributed by atoms with Gasteiger partial charge in [0.25, 0.3) is 5.91 Å². The van der Waals surface area contributed by atoms with Crippen LogP contribution in [0.25, 0.3) is 11.1 Å². The summed E-state index contributed by atoms with van der Waals surface area (Å²) in [7, 11) is 1.74. The topological polar surface area (TPSA) is 49.9 Å². The van der Waals surface area contributed by atoms with Crippen molar-refractivity contribution in [3.05, 3.63) is 76.3 Å². The molecule has 0 aromatic heterocycles. The Morgan fingerprint density at radius 3 is 2.50 bits per heavy atom. The highest BCUT2D eigenvalue weighted by Gasteiger charge is 2.30. The Labute approximate surface area is 213 Å². The number of thioether (sulfide) groups is 1. The van der Waals surface area contributed by atoms with Gasteiger partial charge in [0, 0.05) is 18.0 Å². The molecule has 8 heteroatoms. The number of benzene rings is 3. The van der Waals surface area contributed by atoms with Gasteiger partial charge in [-0.25, -0.2) is 0 Å². The summed E-state index contributed by atoms with van der Waals surface area (Å²) in [6.45, 7) is 1.69. The molecular formula is C26H24Cl2N2O3S. The fraction of sp³-hybridized carbons (Fsp3) is 0.231. The summed E-state index contributed by atoms with van der Waals surface area (Å²) >= 11 is 13.9. The first-order chi connectivity index (χ1) is 16.3. The molecule has 3 aromatic rings. The molecule has 0 saturated carbocycles. The number of fused-ring (bicyclic) bond motifs is 1. The van der Waals surface area contributed by atoms with Crippen LogP contribution in [0.15, 0.2) is 65.6 Å². The maximum absolute atomic E-state index is 13.2. The van der Waals surface area contributed by atoms with Crippen LogP contribution in [0.1, 0.15) is 18.5 Å². The van der Waals surface area contributed by atoms with Gasteiger partial charge in [0.15, 0.2) is 6.61 Å². The Morgan fingerprint density at radius 2 is 1.76 bits per heavy atom. The van der Waals surface area contributed by atoms with Crippen molar-refractivity contribution in [3.8, 4) is 16.9 Å². The molecule has 1 heterocycles. The lowest BCUT2D eigenvalue weighted by molar-refractivity contribution is -0.132. The van der Waals surface area contributed by atoms with Gasteiger partial charge in [-0.1, -0.05) is 53.5 Å². The summed E-state index contributed by atoms with van der Waals surface area (Å²) in [5.74, 6) is -0.0804. The Hall–Kier alpha value is -2.67. The molecule has 3 aromatic carbocycles. The van der Waals surface area contributed by atoms with Crippen LogP contribution in [0.4, 0.5) is 5.69 Å². The fourth-order valence-corrected chi connectivity index (χ4v) is 4.61. The van der Waals surface area contributed by atoms with Crippen molar-refractivity contribution in [3.63, 3.8) is 0 Å². The summed E-state index contributed by atoms with van der Waals surface area (Å²) in [4.78, 5) is 30.0. The number of hydrogen-bond acceptors (Lipinski definition) is 4. The highest BCUT2D eigenvalue weighted by Crippen LogP contribution is 2.39. The van der Waals surface area contributed by atoms with Crippen LogP contribution < -0.4 is 9.64 Å². The minimum atomic E-state index is -0.309. The van der Waals surface area contributed by atoms with E-state index >= 15 is 0 Å². The molecule has 34 heavy (non-hydrogen) atoms. The Morgan fingerprint density at radius 1 is 1.09 bits per heavy atom. The lowest BCUT2D eigenvalue weighted by atomic mass is 9.99. The van der Waals surface area contributed by atoms with Crippen LogP contribution in [0.2, 0.25) is 10.0 Å². The van der Waals surface area contributed by atoms with Crippen LogP contribution in [-0.2, 0) is 9.59 Å². The van der Waals surface area contributed by atoms with Crippen LogP contribution in [0.3, 0.4) is 0 Å². The molecule has 0 aliphatic carbocycles. The second-order valence-electron chi connectivity index (χ2n) is 8.04. The highest BCUT2D eigenvalue weighted by molar-refractivity contribution is 7.98. The summed E-state index contributed by atoms with van der Waals surface area (Å²) in [6, 6.07) is 19.5. The van der Waals surface area contributed by atoms with Gasteiger partial charge in [-0.3, -0.25) is 14.5 Å². The molecule has 0 bridgehead atoms. The highest BCUT2D eigenvalue weighted by atomic mass is 35.5. The number of nitrogens with zero attached hydrogens (tertiary/aromatic N) is 2. The predicted octanol–water partition coefficient (Wildman–Crippen LogP) is 6.33.